The van der Waals surface area contributed by atoms with E-state index in [0.29, 0.717) is 145 Å². The van der Waals surface area contributed by atoms with Crippen LogP contribution < -0.4 is 5.32 Å². The first-order valence-corrected chi connectivity index (χ1v) is 15.8. The third-order valence-corrected chi connectivity index (χ3v) is 5.67. The molecule has 0 unspecified atom stereocenters. The molecule has 0 aromatic heterocycles. The van der Waals surface area contributed by atoms with Crippen LogP contribution in [0, 0.1) is 0 Å². The molecule has 0 aliphatic heterocycles. The normalized spacial score (nSPS) is 11.4. The highest BCUT2D eigenvalue weighted by Crippen LogP contribution is 1.99. The Kier molecular flexibility index (Phi) is 39.1. The van der Waals surface area contributed by atoms with Crippen molar-refractivity contribution in [2.24, 2.45) is 0 Å². The number of ether oxygens (including phenoxy) is 12. The zero-order valence-electron chi connectivity index (χ0n) is 27.4. The van der Waals surface area contributed by atoms with E-state index < -0.39 is 0 Å². The maximum Gasteiger partial charge on any atom is 0.305 e. The Morgan fingerprint density at radius 2 is 0.705 bits per heavy atom. The molecule has 0 fully saturated rings. The predicted molar refractivity (Wildman–Crippen MR) is 163 cm³/mol. The Balaban J connectivity index is 3.04. The third kappa shape index (κ3) is 39.0. The molecule has 14 nitrogen and oxygen atoms in total. The summed E-state index contributed by atoms with van der Waals surface area (Å²) in [5, 5.41) is 3.32. The molecule has 0 aromatic carbocycles. The summed E-state index contributed by atoms with van der Waals surface area (Å²) in [5.41, 5.74) is 0. The Morgan fingerprint density at radius 3 is 1.02 bits per heavy atom. The zero-order valence-corrected chi connectivity index (χ0v) is 27.4. The van der Waals surface area contributed by atoms with Crippen LogP contribution in [0.1, 0.15) is 25.7 Å². The molecule has 0 heterocycles. The Labute approximate surface area is 264 Å². The summed E-state index contributed by atoms with van der Waals surface area (Å²) in [6.07, 6.45) is 3.41. The second kappa shape index (κ2) is 40.0. The van der Waals surface area contributed by atoms with E-state index in [4.69, 9.17) is 52.1 Å². The second-order valence-electron chi connectivity index (χ2n) is 9.25. The summed E-state index contributed by atoms with van der Waals surface area (Å²) in [6, 6.07) is 0. The number of carbonyl (C=O) groups excluding carboxylic acids is 1. The molecule has 0 aliphatic rings. The molecule has 0 amide bonds. The van der Waals surface area contributed by atoms with Gasteiger partial charge >= 0.3 is 5.97 Å². The van der Waals surface area contributed by atoms with Gasteiger partial charge in [-0.25, -0.2) is 0 Å². The van der Waals surface area contributed by atoms with Crippen LogP contribution in [0.4, 0.5) is 0 Å². The first-order valence-electron chi connectivity index (χ1n) is 15.8. The molecule has 0 saturated heterocycles. The maximum atomic E-state index is 11.0. The number of hydrogen-bond donors (Lipinski definition) is 1. The second-order valence-corrected chi connectivity index (χ2v) is 9.25. The lowest BCUT2D eigenvalue weighted by Gasteiger charge is -2.09. The fraction of sp³-hybridized carbons (Fsp3) is 0.967. The number of unbranched alkanes of at least 4 members (excludes halogenated alkanes) is 2. The van der Waals surface area contributed by atoms with Crippen molar-refractivity contribution in [2.75, 3.05) is 166 Å². The van der Waals surface area contributed by atoms with Crippen molar-refractivity contribution in [3.8, 4) is 0 Å². The average molecular weight is 644 g/mol. The molecule has 0 radical (unpaired) electrons. The summed E-state index contributed by atoms with van der Waals surface area (Å²) < 4.78 is 64.0. The molecule has 0 atom stereocenters. The predicted octanol–water partition coefficient (Wildman–Crippen LogP) is 1.12. The van der Waals surface area contributed by atoms with Crippen molar-refractivity contribution in [1.29, 1.82) is 0 Å². The molecule has 1 N–H and O–H groups in total. The first-order chi connectivity index (χ1) is 21.8. The van der Waals surface area contributed by atoms with Crippen LogP contribution in [0.2, 0.25) is 0 Å². The van der Waals surface area contributed by atoms with Crippen molar-refractivity contribution in [3.63, 3.8) is 0 Å². The lowest BCUT2D eigenvalue weighted by atomic mass is 10.2. The molecule has 0 rings (SSSR count). The quantitative estimate of drug-likeness (QED) is 0.0756. The minimum atomic E-state index is -0.141. The van der Waals surface area contributed by atoms with Crippen LogP contribution in [-0.4, -0.2) is 172 Å². The molecule has 0 spiro atoms. The summed E-state index contributed by atoms with van der Waals surface area (Å²) in [4.78, 5) is 11.0. The van der Waals surface area contributed by atoms with Gasteiger partial charge in [0.2, 0.25) is 0 Å². The smallest absolute Gasteiger partial charge is 0.305 e. The van der Waals surface area contributed by atoms with Crippen LogP contribution in [0.3, 0.4) is 0 Å². The number of esters is 1. The topological polar surface area (TPSA) is 140 Å². The minimum absolute atomic E-state index is 0.141. The van der Waals surface area contributed by atoms with E-state index in [1.807, 2.05) is 0 Å². The van der Waals surface area contributed by atoms with Gasteiger partial charge in [-0.3, -0.25) is 4.79 Å². The standard InChI is InChI=1S/C30H61NO13/c1-33-10-11-36-14-15-38-18-19-40-22-23-42-26-27-44-29-28-43-25-24-41-21-20-39-17-16-37-13-12-35-9-8-31-7-5-3-4-6-30(32)34-2/h31H,3-29H2,1-2H3. The van der Waals surface area contributed by atoms with Gasteiger partial charge < -0.3 is 62.2 Å². The maximum absolute atomic E-state index is 11.0. The Hall–Kier alpha value is -1.01. The summed E-state index contributed by atoms with van der Waals surface area (Å²) in [7, 11) is 3.06. The molecule has 0 aromatic rings. The highest BCUT2D eigenvalue weighted by molar-refractivity contribution is 5.68. The molecule has 264 valence electrons. The third-order valence-electron chi connectivity index (χ3n) is 5.67. The van der Waals surface area contributed by atoms with Gasteiger partial charge in [-0.05, 0) is 19.4 Å². The van der Waals surface area contributed by atoms with E-state index in [1.165, 1.54) is 7.11 Å². The van der Waals surface area contributed by atoms with E-state index in [1.54, 1.807) is 7.11 Å². The average Bonchev–Trinajstić information content (AvgIpc) is 3.04. The molecule has 0 bridgehead atoms. The van der Waals surface area contributed by atoms with Crippen LogP contribution in [0.15, 0.2) is 0 Å². The summed E-state index contributed by atoms with van der Waals surface area (Å²) >= 11 is 0. The molecule has 0 aliphatic carbocycles. The van der Waals surface area contributed by atoms with Gasteiger partial charge in [0.05, 0.1) is 146 Å². The van der Waals surface area contributed by atoms with Gasteiger partial charge in [-0.2, -0.15) is 0 Å². The van der Waals surface area contributed by atoms with Gasteiger partial charge in [0.25, 0.3) is 0 Å². The van der Waals surface area contributed by atoms with E-state index in [2.05, 4.69) is 10.1 Å². The van der Waals surface area contributed by atoms with Gasteiger partial charge in [-0.15, -0.1) is 0 Å². The molecular weight excluding hydrogens is 582 g/mol. The number of nitrogens with one attached hydrogen (secondary N) is 1. The van der Waals surface area contributed by atoms with Gasteiger partial charge in [0.15, 0.2) is 0 Å². The number of hydrogen-bond acceptors (Lipinski definition) is 14. The van der Waals surface area contributed by atoms with Gasteiger partial charge in [0.1, 0.15) is 0 Å². The number of rotatable bonds is 39. The zero-order chi connectivity index (χ0) is 31.9. The highest BCUT2D eigenvalue weighted by atomic mass is 16.6. The fourth-order valence-electron chi connectivity index (χ4n) is 3.29. The van der Waals surface area contributed by atoms with Crippen molar-refractivity contribution in [2.45, 2.75) is 25.7 Å². The molecule has 14 heteroatoms. The van der Waals surface area contributed by atoms with E-state index in [9.17, 15) is 4.79 Å². The van der Waals surface area contributed by atoms with Crippen molar-refractivity contribution >= 4 is 5.97 Å². The molecule has 44 heavy (non-hydrogen) atoms. The van der Waals surface area contributed by atoms with Crippen LogP contribution in [-0.2, 0) is 61.6 Å². The molecular formula is C30H61NO13. The number of methoxy groups -OCH3 is 2. The molecule has 0 saturated carbocycles. The van der Waals surface area contributed by atoms with Crippen molar-refractivity contribution in [3.05, 3.63) is 0 Å². The van der Waals surface area contributed by atoms with Crippen molar-refractivity contribution < 1.29 is 61.6 Å². The minimum Gasteiger partial charge on any atom is -0.469 e. The van der Waals surface area contributed by atoms with E-state index in [0.717, 1.165) is 32.4 Å². The SMILES string of the molecule is COCCOCCOCCOCCOCCOCCOCCOCCOCCOCCOCCNCCCCCC(=O)OC. The first kappa shape index (κ1) is 43.0. The number of carbonyl (C=O) groups is 1. The van der Waals surface area contributed by atoms with Crippen LogP contribution in [0.25, 0.3) is 0 Å². The Morgan fingerprint density at radius 1 is 0.386 bits per heavy atom. The fourth-order valence-corrected chi connectivity index (χ4v) is 3.29. The largest absolute Gasteiger partial charge is 0.469 e. The van der Waals surface area contributed by atoms with Crippen LogP contribution >= 0.6 is 0 Å². The van der Waals surface area contributed by atoms with E-state index in [-0.39, 0.29) is 5.97 Å². The van der Waals surface area contributed by atoms with Gasteiger partial charge in [0, 0.05) is 20.1 Å². The monoisotopic (exact) mass is 643 g/mol. The van der Waals surface area contributed by atoms with Gasteiger partial charge in [-0.1, -0.05) is 6.42 Å². The van der Waals surface area contributed by atoms with E-state index >= 15 is 0 Å². The highest BCUT2D eigenvalue weighted by Gasteiger charge is 1.99. The summed E-state index contributed by atoms with van der Waals surface area (Å²) in [5.74, 6) is -0.141. The lowest BCUT2D eigenvalue weighted by Crippen LogP contribution is -2.22. The Bertz CT molecular complexity index is 549. The van der Waals surface area contributed by atoms with Crippen molar-refractivity contribution in [1.82, 2.24) is 5.32 Å². The van der Waals surface area contributed by atoms with Crippen LogP contribution in [0.5, 0.6) is 0 Å². The lowest BCUT2D eigenvalue weighted by molar-refractivity contribution is -0.140. The summed E-state index contributed by atoms with van der Waals surface area (Å²) in [6.45, 7) is 13.0.